The van der Waals surface area contributed by atoms with E-state index in [1.807, 2.05) is 31.2 Å². The van der Waals surface area contributed by atoms with Crippen LogP contribution in [-0.4, -0.2) is 65.0 Å². The summed E-state index contributed by atoms with van der Waals surface area (Å²) in [5.74, 6) is -3.10. The number of aliphatic carboxylic acids is 1. The molecule has 0 aliphatic carbocycles. The highest BCUT2D eigenvalue weighted by Crippen LogP contribution is 2.19. The second kappa shape index (κ2) is 14.2. The number of benzene rings is 1. The number of nitrogens with one attached hydrogen (secondary N) is 4. The average Bonchev–Trinajstić information content (AvgIpc) is 3.27. The summed E-state index contributed by atoms with van der Waals surface area (Å²) in [6, 6.07) is 4.72. The number of H-pyrrole nitrogens is 1. The predicted molar refractivity (Wildman–Crippen MR) is 137 cm³/mol. The lowest BCUT2D eigenvalue weighted by molar-refractivity contribution is -0.143. The third-order valence-corrected chi connectivity index (χ3v) is 6.26. The Kier molecular flexibility index (Phi) is 11.4. The van der Waals surface area contributed by atoms with Gasteiger partial charge < -0.3 is 37.5 Å². The van der Waals surface area contributed by atoms with Gasteiger partial charge in [-0.05, 0) is 36.9 Å². The molecule has 0 bridgehead atoms. The zero-order valence-electron chi connectivity index (χ0n) is 20.9. The Morgan fingerprint density at radius 3 is 2.47 bits per heavy atom. The number of amides is 3. The Hall–Kier alpha value is -3.44. The number of carboxylic acid groups (broad SMARTS) is 1. The number of unbranched alkanes of at least 4 members (excludes halogenated alkanes) is 1. The highest BCUT2D eigenvalue weighted by atomic mass is 16.4. The molecule has 3 amide bonds. The van der Waals surface area contributed by atoms with E-state index >= 15 is 0 Å². The number of hydrogen-bond donors (Lipinski definition) is 7. The summed E-state index contributed by atoms with van der Waals surface area (Å²) in [6.45, 7) is 3.62. The molecule has 0 saturated carbocycles. The van der Waals surface area contributed by atoms with Crippen molar-refractivity contribution in [3.05, 3.63) is 36.0 Å². The van der Waals surface area contributed by atoms with Crippen LogP contribution in [0, 0.1) is 5.92 Å². The van der Waals surface area contributed by atoms with Gasteiger partial charge in [-0.25, -0.2) is 4.79 Å². The van der Waals surface area contributed by atoms with Gasteiger partial charge >= 0.3 is 5.97 Å². The van der Waals surface area contributed by atoms with Gasteiger partial charge in [-0.15, -0.1) is 0 Å². The molecule has 9 N–H and O–H groups in total. The minimum Gasteiger partial charge on any atom is -0.480 e. The van der Waals surface area contributed by atoms with Gasteiger partial charge in [0, 0.05) is 23.5 Å². The van der Waals surface area contributed by atoms with Crippen LogP contribution >= 0.6 is 0 Å². The van der Waals surface area contributed by atoms with Crippen molar-refractivity contribution in [1.82, 2.24) is 20.9 Å². The molecule has 0 fully saturated rings. The summed E-state index contributed by atoms with van der Waals surface area (Å²) in [5.41, 5.74) is 13.2. The fourth-order valence-corrected chi connectivity index (χ4v) is 3.85. The maximum Gasteiger partial charge on any atom is 0.326 e. The van der Waals surface area contributed by atoms with Crippen LogP contribution in [-0.2, 0) is 25.6 Å². The van der Waals surface area contributed by atoms with Crippen molar-refractivity contribution in [2.24, 2.45) is 17.4 Å². The molecule has 1 heterocycles. The smallest absolute Gasteiger partial charge is 0.326 e. The van der Waals surface area contributed by atoms with Crippen LogP contribution in [0.1, 0.15) is 45.1 Å². The molecule has 2 aromatic rings. The maximum absolute atomic E-state index is 13.0. The Bertz CT molecular complexity index is 1040. The summed E-state index contributed by atoms with van der Waals surface area (Å²) >= 11 is 0. The number of nitrogens with two attached hydrogens (primary N) is 2. The van der Waals surface area contributed by atoms with Crippen molar-refractivity contribution in [3.63, 3.8) is 0 Å². The van der Waals surface area contributed by atoms with Crippen molar-refractivity contribution >= 4 is 34.6 Å². The molecule has 11 nitrogen and oxygen atoms in total. The van der Waals surface area contributed by atoms with E-state index in [4.69, 9.17) is 11.5 Å². The van der Waals surface area contributed by atoms with E-state index in [2.05, 4.69) is 20.9 Å². The van der Waals surface area contributed by atoms with Gasteiger partial charge in [-0.2, -0.15) is 0 Å². The van der Waals surface area contributed by atoms with Gasteiger partial charge in [0.25, 0.3) is 0 Å². The van der Waals surface area contributed by atoms with Gasteiger partial charge in [0.15, 0.2) is 0 Å². The van der Waals surface area contributed by atoms with Gasteiger partial charge in [0.2, 0.25) is 17.7 Å². The first-order chi connectivity index (χ1) is 17.2. The summed E-state index contributed by atoms with van der Waals surface area (Å²) in [6.07, 6.45) is 4.36. The Balaban J connectivity index is 2.10. The lowest BCUT2D eigenvalue weighted by Crippen LogP contribution is -2.54. The number of carbonyl (C=O) groups is 4. The standard InChI is InChI=1S/C25H38N6O5/c1-3-15(2)22(25(35)36)31-21(32)14-29-24(34)20(30-23(33)18(27)9-6-7-11-26)12-16-13-28-19-10-5-4-8-17(16)19/h4-5,8,10,13,15,18,20,22,28H,3,6-7,9,11-12,14,26-27H2,1-2H3,(H,29,34)(H,30,33)(H,31,32)(H,35,36). The van der Waals surface area contributed by atoms with Crippen LogP contribution in [0.4, 0.5) is 0 Å². The highest BCUT2D eigenvalue weighted by molar-refractivity contribution is 5.93. The largest absolute Gasteiger partial charge is 0.480 e. The average molecular weight is 503 g/mol. The van der Waals surface area contributed by atoms with Gasteiger partial charge in [0.05, 0.1) is 12.6 Å². The van der Waals surface area contributed by atoms with Crippen molar-refractivity contribution in [2.45, 2.75) is 64.1 Å². The molecule has 4 unspecified atom stereocenters. The molecule has 2 rings (SSSR count). The molecule has 1 aromatic carbocycles. The monoisotopic (exact) mass is 502 g/mol. The second-order valence-electron chi connectivity index (χ2n) is 9.00. The quantitative estimate of drug-likeness (QED) is 0.171. The molecule has 11 heteroatoms. The summed E-state index contributed by atoms with van der Waals surface area (Å²) < 4.78 is 0. The van der Waals surface area contributed by atoms with Gasteiger partial charge in [-0.1, -0.05) is 44.9 Å². The molecule has 1 aromatic heterocycles. The summed E-state index contributed by atoms with van der Waals surface area (Å²) in [5, 5.41) is 18.0. The Morgan fingerprint density at radius 1 is 1.08 bits per heavy atom. The van der Waals surface area contributed by atoms with Crippen LogP contribution in [0.5, 0.6) is 0 Å². The summed E-state index contributed by atoms with van der Waals surface area (Å²) in [4.78, 5) is 52.7. The minimum absolute atomic E-state index is 0.170. The number of carbonyl (C=O) groups excluding carboxylic acids is 3. The number of hydrogen-bond acceptors (Lipinski definition) is 6. The van der Waals surface area contributed by atoms with Crippen molar-refractivity contribution < 1.29 is 24.3 Å². The zero-order chi connectivity index (χ0) is 26.7. The zero-order valence-corrected chi connectivity index (χ0v) is 20.9. The van der Waals surface area contributed by atoms with E-state index in [0.717, 1.165) is 22.9 Å². The lowest BCUT2D eigenvalue weighted by atomic mass is 9.99. The van der Waals surface area contributed by atoms with Gasteiger partial charge in [0.1, 0.15) is 12.1 Å². The SMILES string of the molecule is CCC(C)C(NC(=O)CNC(=O)C(Cc1c[nH]c2ccccc12)NC(=O)C(N)CCCCN)C(=O)O. The topological polar surface area (TPSA) is 192 Å². The molecular formula is C25H38N6O5. The number of aromatic nitrogens is 1. The van der Waals surface area contributed by atoms with Crippen LogP contribution in [0.25, 0.3) is 10.9 Å². The fraction of sp³-hybridized carbons (Fsp3) is 0.520. The molecule has 0 aliphatic heterocycles. The van der Waals surface area contributed by atoms with Crippen molar-refractivity contribution in [3.8, 4) is 0 Å². The van der Waals surface area contributed by atoms with Crippen LogP contribution in [0.3, 0.4) is 0 Å². The molecule has 0 radical (unpaired) electrons. The van der Waals surface area contributed by atoms with E-state index in [1.165, 1.54) is 0 Å². The van der Waals surface area contributed by atoms with E-state index in [9.17, 15) is 24.3 Å². The number of rotatable bonds is 15. The summed E-state index contributed by atoms with van der Waals surface area (Å²) in [7, 11) is 0. The first kappa shape index (κ1) is 28.8. The minimum atomic E-state index is -1.14. The molecule has 0 spiro atoms. The normalized spacial score (nSPS) is 14.4. The number of carboxylic acids is 1. The third kappa shape index (κ3) is 8.35. The number of aromatic amines is 1. The molecule has 198 valence electrons. The fourth-order valence-electron chi connectivity index (χ4n) is 3.85. The second-order valence-corrected chi connectivity index (χ2v) is 9.00. The third-order valence-electron chi connectivity index (χ3n) is 6.26. The lowest BCUT2D eigenvalue weighted by Gasteiger charge is -2.22. The van der Waals surface area contributed by atoms with Crippen molar-refractivity contribution in [2.75, 3.05) is 13.1 Å². The Morgan fingerprint density at radius 2 is 1.81 bits per heavy atom. The first-order valence-electron chi connectivity index (χ1n) is 12.3. The van der Waals surface area contributed by atoms with E-state index in [0.29, 0.717) is 25.8 Å². The Labute approximate surface area is 210 Å². The molecule has 0 aliphatic rings. The number of fused-ring (bicyclic) bond motifs is 1. The molecule has 0 saturated heterocycles. The first-order valence-corrected chi connectivity index (χ1v) is 12.3. The van der Waals surface area contributed by atoms with E-state index in [1.54, 1.807) is 13.1 Å². The highest BCUT2D eigenvalue weighted by Gasteiger charge is 2.28. The molecule has 36 heavy (non-hydrogen) atoms. The van der Waals surface area contributed by atoms with Crippen LogP contribution in [0.2, 0.25) is 0 Å². The molecular weight excluding hydrogens is 464 g/mol. The maximum atomic E-state index is 13.0. The van der Waals surface area contributed by atoms with Gasteiger partial charge in [-0.3, -0.25) is 14.4 Å². The predicted octanol–water partition coefficient (Wildman–Crippen LogP) is 0.383. The van der Waals surface area contributed by atoms with Crippen LogP contribution in [0.15, 0.2) is 30.5 Å². The molecule has 4 atom stereocenters. The van der Waals surface area contributed by atoms with E-state index in [-0.39, 0.29) is 12.3 Å². The van der Waals surface area contributed by atoms with E-state index < -0.39 is 48.4 Å². The van der Waals surface area contributed by atoms with Crippen molar-refractivity contribution in [1.29, 1.82) is 0 Å². The van der Waals surface area contributed by atoms with Crippen LogP contribution < -0.4 is 27.4 Å². The number of para-hydroxylation sites is 1.